The van der Waals surface area contributed by atoms with Gasteiger partial charge in [0.1, 0.15) is 6.29 Å². The zero-order chi connectivity index (χ0) is 10.9. The van der Waals surface area contributed by atoms with Crippen molar-refractivity contribution in [2.24, 2.45) is 5.92 Å². The van der Waals surface area contributed by atoms with E-state index in [1.165, 1.54) is 30.9 Å². The van der Waals surface area contributed by atoms with E-state index >= 15 is 0 Å². The maximum absolute atomic E-state index is 10.6. The second-order valence-electron chi connectivity index (χ2n) is 5.24. The second-order valence-corrected chi connectivity index (χ2v) is 9.14. The van der Waals surface area contributed by atoms with Crippen molar-refractivity contribution in [2.75, 3.05) is 0 Å². The Kier molecular flexibility index (Phi) is 3.12. The number of rotatable bonds is 1. The van der Waals surface area contributed by atoms with Crippen molar-refractivity contribution in [3.05, 3.63) is 11.3 Å². The molecule has 15 heavy (non-hydrogen) atoms. The number of fused-ring (bicyclic) bond motifs is 1. The average Bonchev–Trinajstić information content (AvgIpc) is 2.18. The Morgan fingerprint density at radius 3 is 2.80 bits per heavy atom. The van der Waals surface area contributed by atoms with Gasteiger partial charge in [-0.1, -0.05) is 18.0 Å². The smallest absolute Gasteiger partial charge is 0.214 e. The lowest BCUT2D eigenvalue weighted by Gasteiger charge is -2.44. The summed E-state index contributed by atoms with van der Waals surface area (Å²) in [5.74, 6) is 0.686. The van der Waals surface area contributed by atoms with E-state index in [0.717, 1.165) is 12.7 Å². The first-order valence-electron chi connectivity index (χ1n) is 5.96. The van der Waals surface area contributed by atoms with Gasteiger partial charge in [0.25, 0.3) is 0 Å². The van der Waals surface area contributed by atoms with Crippen LogP contribution >= 0.6 is 0 Å². The topological polar surface area (TPSA) is 26.3 Å². The van der Waals surface area contributed by atoms with Gasteiger partial charge in [-0.3, -0.25) is 4.79 Å². The predicted molar refractivity (Wildman–Crippen MR) is 63.1 cm³/mol. The minimum absolute atomic E-state index is 0.490. The van der Waals surface area contributed by atoms with Crippen molar-refractivity contribution >= 4 is 14.6 Å². The Morgan fingerprint density at radius 1 is 1.33 bits per heavy atom. The molecule has 2 aliphatic rings. The highest BCUT2D eigenvalue weighted by molar-refractivity contribution is 6.78. The lowest BCUT2D eigenvalue weighted by atomic mass is 9.84. The molecule has 2 fully saturated rings. The summed E-state index contributed by atoms with van der Waals surface area (Å²) < 4.78 is 6.25. The molecular weight excluding hydrogens is 204 g/mol. The Bertz CT molecular complexity index is 283. The Balaban J connectivity index is 2.16. The largest absolute Gasteiger partial charge is 0.410 e. The zero-order valence-electron chi connectivity index (χ0n) is 9.66. The monoisotopic (exact) mass is 224 g/mol. The SMILES string of the molecule is C[Si]1(C)O[C@H]2CCCC[C@@H]2C/C1=C/C=O. The normalized spacial score (nSPS) is 37.3. The van der Waals surface area contributed by atoms with E-state index in [1.54, 1.807) is 6.08 Å². The molecule has 0 spiro atoms. The molecule has 0 radical (unpaired) electrons. The molecule has 0 aromatic rings. The van der Waals surface area contributed by atoms with E-state index in [2.05, 4.69) is 13.1 Å². The summed E-state index contributed by atoms with van der Waals surface area (Å²) in [4.78, 5) is 10.6. The van der Waals surface area contributed by atoms with Crippen molar-refractivity contribution < 1.29 is 9.22 Å². The molecule has 3 heteroatoms. The molecule has 84 valence electrons. The molecule has 0 aromatic carbocycles. The summed E-state index contributed by atoms with van der Waals surface area (Å²) >= 11 is 0. The van der Waals surface area contributed by atoms with Gasteiger partial charge in [0.2, 0.25) is 8.32 Å². The summed E-state index contributed by atoms with van der Waals surface area (Å²) in [5.41, 5.74) is 0. The molecule has 0 amide bonds. The van der Waals surface area contributed by atoms with Crippen LogP contribution in [0.15, 0.2) is 11.3 Å². The molecule has 1 aliphatic heterocycles. The van der Waals surface area contributed by atoms with Gasteiger partial charge in [-0.2, -0.15) is 0 Å². The van der Waals surface area contributed by atoms with Crippen LogP contribution in [0, 0.1) is 5.92 Å². The molecule has 1 heterocycles. The molecule has 2 nitrogen and oxygen atoms in total. The van der Waals surface area contributed by atoms with Gasteiger partial charge in [0.05, 0.1) is 0 Å². The van der Waals surface area contributed by atoms with Crippen molar-refractivity contribution in [1.82, 2.24) is 0 Å². The van der Waals surface area contributed by atoms with Crippen LogP contribution in [0.3, 0.4) is 0 Å². The predicted octanol–water partition coefficient (Wildman–Crippen LogP) is 2.84. The minimum Gasteiger partial charge on any atom is -0.410 e. The van der Waals surface area contributed by atoms with E-state index in [4.69, 9.17) is 4.43 Å². The second kappa shape index (κ2) is 4.22. The van der Waals surface area contributed by atoms with Gasteiger partial charge in [-0.25, -0.2) is 0 Å². The maximum atomic E-state index is 10.6. The Hall–Kier alpha value is -0.413. The molecule has 1 aliphatic carbocycles. The van der Waals surface area contributed by atoms with Crippen LogP contribution in [-0.4, -0.2) is 20.7 Å². The van der Waals surface area contributed by atoms with Gasteiger partial charge in [0, 0.05) is 6.10 Å². The molecule has 0 N–H and O–H groups in total. The van der Waals surface area contributed by atoms with Crippen LogP contribution < -0.4 is 0 Å². The van der Waals surface area contributed by atoms with Crippen LogP contribution in [-0.2, 0) is 9.22 Å². The fourth-order valence-electron chi connectivity index (χ4n) is 2.90. The molecule has 2 rings (SSSR count). The van der Waals surface area contributed by atoms with E-state index < -0.39 is 8.32 Å². The third-order valence-electron chi connectivity index (χ3n) is 3.81. The fraction of sp³-hybridized carbons (Fsp3) is 0.750. The summed E-state index contributed by atoms with van der Waals surface area (Å²) in [6.45, 7) is 4.43. The van der Waals surface area contributed by atoms with Crippen molar-refractivity contribution in [3.8, 4) is 0 Å². The highest BCUT2D eigenvalue weighted by Gasteiger charge is 2.41. The van der Waals surface area contributed by atoms with Gasteiger partial charge in [-0.15, -0.1) is 0 Å². The van der Waals surface area contributed by atoms with E-state index in [1.807, 2.05) is 0 Å². The summed E-state index contributed by atoms with van der Waals surface area (Å²) in [6, 6.07) is 0. The summed E-state index contributed by atoms with van der Waals surface area (Å²) in [5, 5.41) is 1.31. The van der Waals surface area contributed by atoms with Crippen LogP contribution in [0.5, 0.6) is 0 Å². The highest BCUT2D eigenvalue weighted by atomic mass is 28.4. The first-order chi connectivity index (χ1) is 7.13. The van der Waals surface area contributed by atoms with Crippen LogP contribution in [0.2, 0.25) is 13.1 Å². The quantitative estimate of drug-likeness (QED) is 0.389. The number of aldehydes is 1. The van der Waals surface area contributed by atoms with Crippen molar-refractivity contribution in [2.45, 2.75) is 51.3 Å². The van der Waals surface area contributed by atoms with Gasteiger partial charge >= 0.3 is 0 Å². The molecule has 1 saturated carbocycles. The maximum Gasteiger partial charge on any atom is 0.214 e. The first-order valence-corrected chi connectivity index (χ1v) is 8.87. The van der Waals surface area contributed by atoms with Crippen molar-refractivity contribution in [1.29, 1.82) is 0 Å². The highest BCUT2D eigenvalue weighted by Crippen LogP contribution is 2.40. The number of allylic oxidation sites excluding steroid dienone is 2. The first kappa shape index (κ1) is 11.1. The number of hydrogen-bond acceptors (Lipinski definition) is 2. The standard InChI is InChI=1S/C12H20O2Si/c1-15(2)11(7-8-13)9-10-5-3-4-6-12(10)14-15/h7-8,10,12H,3-6,9H2,1-2H3/b11-7-/t10-,12+/m1/s1. The van der Waals surface area contributed by atoms with E-state index in [9.17, 15) is 4.79 Å². The Labute approximate surface area is 92.8 Å². The number of carbonyl (C=O) groups is 1. The number of hydrogen-bond donors (Lipinski definition) is 0. The molecule has 0 bridgehead atoms. The lowest BCUT2D eigenvalue weighted by Crippen LogP contribution is -2.47. The molecule has 2 atom stereocenters. The Morgan fingerprint density at radius 2 is 2.07 bits per heavy atom. The lowest BCUT2D eigenvalue weighted by molar-refractivity contribution is -0.104. The third-order valence-corrected chi connectivity index (χ3v) is 6.62. The molecular formula is C12H20O2Si. The fourth-order valence-corrected chi connectivity index (χ4v) is 5.34. The van der Waals surface area contributed by atoms with Gasteiger partial charge in [0.15, 0.2) is 0 Å². The number of carbonyl (C=O) groups excluding carboxylic acids is 1. The molecule has 1 saturated heterocycles. The third kappa shape index (κ3) is 2.23. The van der Waals surface area contributed by atoms with Gasteiger partial charge < -0.3 is 4.43 Å². The molecule has 0 unspecified atom stereocenters. The molecule has 0 aromatic heterocycles. The van der Waals surface area contributed by atoms with Gasteiger partial charge in [-0.05, 0) is 44.4 Å². The zero-order valence-corrected chi connectivity index (χ0v) is 10.7. The minimum atomic E-state index is -1.72. The van der Waals surface area contributed by atoms with E-state index in [0.29, 0.717) is 12.0 Å². The summed E-state index contributed by atoms with van der Waals surface area (Å²) in [6.07, 6.45) is 9.46. The van der Waals surface area contributed by atoms with Crippen LogP contribution in [0.1, 0.15) is 32.1 Å². The summed E-state index contributed by atoms with van der Waals surface area (Å²) in [7, 11) is -1.72. The van der Waals surface area contributed by atoms with Crippen LogP contribution in [0.4, 0.5) is 0 Å². The van der Waals surface area contributed by atoms with Crippen molar-refractivity contribution in [3.63, 3.8) is 0 Å². The average molecular weight is 224 g/mol. The van der Waals surface area contributed by atoms with E-state index in [-0.39, 0.29) is 0 Å². The van der Waals surface area contributed by atoms with Crippen LogP contribution in [0.25, 0.3) is 0 Å².